The third kappa shape index (κ3) is 2.74. The largest absolute Gasteiger partial charge is 0.480 e. The Hall–Kier alpha value is -0.920. The molecule has 0 spiro atoms. The first-order valence-corrected chi connectivity index (χ1v) is 9.11. The topological polar surface area (TPSA) is 80.7 Å². The van der Waals surface area contributed by atoms with Crippen molar-refractivity contribution >= 4 is 27.1 Å². The highest BCUT2D eigenvalue weighted by molar-refractivity contribution is 7.95. The molecular weight excluding hydrogens is 312 g/mol. The van der Waals surface area contributed by atoms with Gasteiger partial charge in [0.2, 0.25) is 9.84 Å². The lowest BCUT2D eigenvalue weighted by molar-refractivity contribution is -0.147. The molecule has 0 aromatic carbocycles. The molecular formula is C14H20O5S2. The summed E-state index contributed by atoms with van der Waals surface area (Å²) < 4.78 is 29.7. The smallest absolute Gasteiger partial charge is 0.325 e. The Labute approximate surface area is 128 Å². The Morgan fingerprint density at radius 3 is 2.62 bits per heavy atom. The van der Waals surface area contributed by atoms with Crippen molar-refractivity contribution in [3.8, 4) is 0 Å². The summed E-state index contributed by atoms with van der Waals surface area (Å²) in [6.07, 6.45) is -0.446. The minimum absolute atomic E-state index is 0.0187. The number of carboxylic acid groups (broad SMARTS) is 1. The van der Waals surface area contributed by atoms with Crippen LogP contribution in [0, 0.1) is 5.41 Å². The molecule has 2 unspecified atom stereocenters. The average molecular weight is 332 g/mol. The molecule has 2 atom stereocenters. The van der Waals surface area contributed by atoms with Crippen LogP contribution < -0.4 is 0 Å². The van der Waals surface area contributed by atoms with Crippen LogP contribution in [0.3, 0.4) is 0 Å². The molecule has 1 aliphatic heterocycles. The summed E-state index contributed by atoms with van der Waals surface area (Å²) in [6, 6.07) is 3.08. The zero-order valence-corrected chi connectivity index (χ0v) is 14.0. The third-order valence-electron chi connectivity index (χ3n) is 3.97. The van der Waals surface area contributed by atoms with Crippen LogP contribution in [0.5, 0.6) is 0 Å². The van der Waals surface area contributed by atoms with Gasteiger partial charge < -0.3 is 9.84 Å². The van der Waals surface area contributed by atoms with E-state index in [1.54, 1.807) is 11.4 Å². The molecule has 5 nitrogen and oxygen atoms in total. The fourth-order valence-corrected chi connectivity index (χ4v) is 5.74. The molecule has 21 heavy (non-hydrogen) atoms. The molecule has 0 aliphatic carbocycles. The minimum atomic E-state index is -3.93. The number of carboxylic acids is 1. The van der Waals surface area contributed by atoms with Crippen molar-refractivity contribution in [1.82, 2.24) is 0 Å². The maximum Gasteiger partial charge on any atom is 0.325 e. The average Bonchev–Trinajstić information content (AvgIpc) is 2.91. The predicted octanol–water partition coefficient (Wildman–Crippen LogP) is 2.57. The lowest BCUT2D eigenvalue weighted by Gasteiger charge is -2.41. The first-order valence-electron chi connectivity index (χ1n) is 6.74. The second-order valence-electron chi connectivity index (χ2n) is 6.41. The van der Waals surface area contributed by atoms with E-state index in [4.69, 9.17) is 4.74 Å². The molecule has 2 rings (SSSR count). The summed E-state index contributed by atoms with van der Waals surface area (Å²) in [6.45, 7) is 5.91. The summed E-state index contributed by atoms with van der Waals surface area (Å²) in [5.74, 6) is -1.28. The van der Waals surface area contributed by atoms with Gasteiger partial charge in [-0.1, -0.05) is 26.8 Å². The summed E-state index contributed by atoms with van der Waals surface area (Å²) in [4.78, 5) is 11.9. The summed E-state index contributed by atoms with van der Waals surface area (Å²) >= 11 is 1.06. The zero-order chi connectivity index (χ0) is 15.9. The van der Waals surface area contributed by atoms with Gasteiger partial charge in [-0.05, 0) is 16.9 Å². The molecule has 0 bridgehead atoms. The predicted molar refractivity (Wildman–Crippen MR) is 80.3 cm³/mol. The first-order chi connectivity index (χ1) is 9.61. The lowest BCUT2D eigenvalue weighted by atomic mass is 9.80. The van der Waals surface area contributed by atoms with Gasteiger partial charge in [0.1, 0.15) is 4.21 Å². The molecule has 1 fully saturated rings. The monoisotopic (exact) mass is 332 g/mol. The van der Waals surface area contributed by atoms with E-state index in [0.717, 1.165) is 11.3 Å². The van der Waals surface area contributed by atoms with Gasteiger partial charge >= 0.3 is 5.97 Å². The second-order valence-corrected chi connectivity index (χ2v) is 9.85. The molecule has 118 valence electrons. The first kappa shape index (κ1) is 16.5. The molecule has 7 heteroatoms. The fourth-order valence-electron chi connectivity index (χ4n) is 2.54. The second kappa shape index (κ2) is 5.37. The summed E-state index contributed by atoms with van der Waals surface area (Å²) in [5.41, 5.74) is -0.313. The van der Waals surface area contributed by atoms with Crippen molar-refractivity contribution in [3.05, 3.63) is 17.5 Å². The molecule has 1 N–H and O–H groups in total. The van der Waals surface area contributed by atoms with Crippen molar-refractivity contribution in [2.45, 2.75) is 48.7 Å². The number of hydrogen-bond donors (Lipinski definition) is 1. The molecule has 1 aliphatic rings. The van der Waals surface area contributed by atoms with Gasteiger partial charge in [-0.15, -0.1) is 11.3 Å². The van der Waals surface area contributed by atoms with Crippen LogP contribution in [-0.2, 0) is 19.4 Å². The van der Waals surface area contributed by atoms with E-state index < -0.39 is 26.7 Å². The molecule has 1 aromatic heterocycles. The van der Waals surface area contributed by atoms with Crippen LogP contribution in [0.25, 0.3) is 0 Å². The van der Waals surface area contributed by atoms with Crippen LogP contribution in [0.2, 0.25) is 0 Å². The highest BCUT2D eigenvalue weighted by Crippen LogP contribution is 2.42. The number of carbonyl (C=O) groups is 1. The molecule has 0 saturated carbocycles. The highest BCUT2D eigenvalue weighted by Gasteiger charge is 2.56. The van der Waals surface area contributed by atoms with E-state index in [2.05, 4.69) is 0 Å². The van der Waals surface area contributed by atoms with Gasteiger partial charge in [0.15, 0.2) is 4.75 Å². The number of thiophene rings is 1. The van der Waals surface area contributed by atoms with Crippen LogP contribution >= 0.6 is 11.3 Å². The lowest BCUT2D eigenvalue weighted by Crippen LogP contribution is -2.55. The van der Waals surface area contributed by atoms with E-state index in [0.29, 0.717) is 0 Å². The minimum Gasteiger partial charge on any atom is -0.480 e. The maximum atomic E-state index is 12.9. The standard InChI is InChI=1S/C14H20O5S2/c1-13(2,3)10-9-14(12(15)16,6-7-19-10)21(17,18)11-5-4-8-20-11/h4-5,8,10H,6-7,9H2,1-3H3,(H,15,16). The van der Waals surface area contributed by atoms with Gasteiger partial charge in [-0.3, -0.25) is 4.79 Å². The number of sulfone groups is 1. The molecule has 1 aromatic rings. The normalized spacial score (nSPS) is 27.5. The molecule has 0 amide bonds. The molecule has 0 radical (unpaired) electrons. The van der Waals surface area contributed by atoms with Crippen molar-refractivity contribution < 1.29 is 23.1 Å². The van der Waals surface area contributed by atoms with E-state index in [-0.39, 0.29) is 29.1 Å². The Balaban J connectivity index is 2.50. The number of hydrogen-bond acceptors (Lipinski definition) is 5. The summed E-state index contributed by atoms with van der Waals surface area (Å²) in [5, 5.41) is 11.3. The number of rotatable bonds is 3. The van der Waals surface area contributed by atoms with Crippen LogP contribution in [0.1, 0.15) is 33.6 Å². The molecule has 1 saturated heterocycles. The van der Waals surface area contributed by atoms with E-state index >= 15 is 0 Å². The third-order valence-corrected chi connectivity index (χ3v) is 7.82. The van der Waals surface area contributed by atoms with E-state index in [1.165, 1.54) is 6.07 Å². The SMILES string of the molecule is CC(C)(C)C1CC(C(=O)O)(S(=O)(=O)c2cccs2)CCO1. The maximum absolute atomic E-state index is 12.9. The Kier molecular flexibility index (Phi) is 4.21. The molecule has 2 heterocycles. The van der Waals surface area contributed by atoms with Gasteiger partial charge in [-0.25, -0.2) is 8.42 Å². The Morgan fingerprint density at radius 1 is 1.48 bits per heavy atom. The van der Waals surface area contributed by atoms with E-state index in [1.807, 2.05) is 20.8 Å². The fraction of sp³-hybridized carbons (Fsp3) is 0.643. The number of aliphatic carboxylic acids is 1. The quantitative estimate of drug-likeness (QED) is 0.920. The van der Waals surface area contributed by atoms with E-state index in [9.17, 15) is 18.3 Å². The van der Waals surface area contributed by atoms with Crippen LogP contribution in [0.15, 0.2) is 21.7 Å². The van der Waals surface area contributed by atoms with Gasteiger partial charge in [0.25, 0.3) is 0 Å². The van der Waals surface area contributed by atoms with Crippen molar-refractivity contribution in [1.29, 1.82) is 0 Å². The Morgan fingerprint density at radius 2 is 2.14 bits per heavy atom. The van der Waals surface area contributed by atoms with Crippen molar-refractivity contribution in [2.75, 3.05) is 6.61 Å². The summed E-state index contributed by atoms with van der Waals surface area (Å²) in [7, 11) is -3.93. The van der Waals surface area contributed by atoms with Crippen molar-refractivity contribution in [2.24, 2.45) is 5.41 Å². The number of ether oxygens (including phenoxy) is 1. The zero-order valence-electron chi connectivity index (χ0n) is 12.3. The highest BCUT2D eigenvalue weighted by atomic mass is 32.2. The van der Waals surface area contributed by atoms with Gasteiger partial charge in [0.05, 0.1) is 6.10 Å². The van der Waals surface area contributed by atoms with Gasteiger partial charge in [0, 0.05) is 19.4 Å². The van der Waals surface area contributed by atoms with Crippen LogP contribution in [-0.4, -0.2) is 37.0 Å². The Bertz CT molecular complexity index is 612. The van der Waals surface area contributed by atoms with Crippen molar-refractivity contribution in [3.63, 3.8) is 0 Å². The van der Waals surface area contributed by atoms with Gasteiger partial charge in [-0.2, -0.15) is 0 Å². The van der Waals surface area contributed by atoms with Crippen LogP contribution in [0.4, 0.5) is 0 Å².